The Morgan fingerprint density at radius 2 is 1.88 bits per heavy atom. The number of ketones is 1. The van der Waals surface area contributed by atoms with Crippen molar-refractivity contribution < 1.29 is 24.2 Å². The van der Waals surface area contributed by atoms with Crippen molar-refractivity contribution in [3.63, 3.8) is 0 Å². The molecule has 0 bridgehead atoms. The molecule has 2 aliphatic rings. The number of aromatic nitrogens is 1. The van der Waals surface area contributed by atoms with Crippen LogP contribution in [0.1, 0.15) is 96.5 Å². The number of ether oxygens (including phenoxy) is 2. The number of thiophene rings is 1. The highest BCUT2D eigenvalue weighted by atomic mass is 79.9. The lowest BCUT2D eigenvalue weighted by atomic mass is 9.84. The third-order valence-corrected chi connectivity index (χ3v) is 8.54. The van der Waals surface area contributed by atoms with E-state index in [-0.39, 0.29) is 47.8 Å². The van der Waals surface area contributed by atoms with E-state index in [9.17, 15) is 9.59 Å². The lowest BCUT2D eigenvalue weighted by Crippen LogP contribution is -2.30. The van der Waals surface area contributed by atoms with Crippen LogP contribution in [0, 0.1) is 5.41 Å². The minimum Gasteiger partial charge on any atom is -0.490 e. The summed E-state index contributed by atoms with van der Waals surface area (Å²) in [6.45, 7) is 7.39. The van der Waals surface area contributed by atoms with E-state index in [1.54, 1.807) is 22.3 Å². The predicted octanol–water partition coefficient (Wildman–Crippen LogP) is 7.17. The van der Waals surface area contributed by atoms with Crippen LogP contribution in [-0.2, 0) is 23.2 Å². The molecule has 0 saturated heterocycles. The molecule has 230 valence electrons. The average molecular weight is 671 g/mol. The standard InChI is InChI=1S/C33H39N3O5S.BrH/c1-33(2,3)25-17-23(27(37)20-36-19-22-12-13-26(21-10-11-21)35-30(22)32(36)34)18-28(31(25)41-15-5-9-29(38)39)40-14-4-7-24-8-6-16-42-24;/h6,8,12-13,16-18,21,34H,4-5,7,9-11,14-15,19-20H2,1-3H3,(H,38,39);1H. The number of rotatable bonds is 14. The third kappa shape index (κ3) is 8.23. The molecule has 1 fully saturated rings. The fourth-order valence-corrected chi connectivity index (χ4v) is 5.88. The number of fused-ring (bicyclic) bond motifs is 1. The molecule has 0 spiro atoms. The molecule has 10 heteroatoms. The van der Waals surface area contributed by atoms with Crippen LogP contribution in [0.3, 0.4) is 0 Å². The second kappa shape index (κ2) is 14.0. The maximum atomic E-state index is 13.7. The first-order valence-electron chi connectivity index (χ1n) is 14.7. The monoisotopic (exact) mass is 669 g/mol. The largest absolute Gasteiger partial charge is 0.490 e. The van der Waals surface area contributed by atoms with E-state index in [0.29, 0.717) is 54.1 Å². The highest BCUT2D eigenvalue weighted by Crippen LogP contribution is 2.41. The zero-order chi connectivity index (χ0) is 29.9. The molecular formula is C33H40BrN3O5S. The quantitative estimate of drug-likeness (QED) is 0.138. The fourth-order valence-electron chi connectivity index (χ4n) is 5.13. The van der Waals surface area contributed by atoms with Gasteiger partial charge in [0.05, 0.1) is 19.8 Å². The molecule has 8 nitrogen and oxygen atoms in total. The fraction of sp³-hybridized carbons (Fsp3) is 0.455. The van der Waals surface area contributed by atoms with Gasteiger partial charge in [-0.1, -0.05) is 32.9 Å². The number of Topliss-reactive ketones (excluding diaryl/α,β-unsaturated/α-hetero) is 1. The Morgan fingerprint density at radius 1 is 1.12 bits per heavy atom. The molecule has 5 rings (SSSR count). The number of aliphatic carboxylic acids is 1. The average Bonchev–Trinajstić information content (AvgIpc) is 3.58. The van der Waals surface area contributed by atoms with Crippen LogP contribution >= 0.6 is 28.3 Å². The number of hydrogen-bond donors (Lipinski definition) is 2. The van der Waals surface area contributed by atoms with Crippen LogP contribution in [0.25, 0.3) is 0 Å². The van der Waals surface area contributed by atoms with Crippen molar-refractivity contribution in [3.8, 4) is 11.5 Å². The second-order valence-electron chi connectivity index (χ2n) is 12.1. The first kappa shape index (κ1) is 32.7. The van der Waals surface area contributed by atoms with Crippen molar-refractivity contribution in [2.75, 3.05) is 19.8 Å². The Kier molecular flexibility index (Phi) is 10.7. The highest BCUT2D eigenvalue weighted by Gasteiger charge is 2.32. The maximum Gasteiger partial charge on any atom is 0.303 e. The van der Waals surface area contributed by atoms with Crippen molar-refractivity contribution in [3.05, 3.63) is 74.7 Å². The first-order chi connectivity index (χ1) is 20.1. The number of hydrogen-bond acceptors (Lipinski definition) is 7. The van der Waals surface area contributed by atoms with Gasteiger partial charge in [-0.15, -0.1) is 28.3 Å². The zero-order valence-corrected chi connectivity index (χ0v) is 27.5. The lowest BCUT2D eigenvalue weighted by Gasteiger charge is -2.26. The molecular weight excluding hydrogens is 630 g/mol. The van der Waals surface area contributed by atoms with Crippen molar-refractivity contribution in [2.45, 2.75) is 77.2 Å². The van der Waals surface area contributed by atoms with Crippen LogP contribution < -0.4 is 9.47 Å². The van der Waals surface area contributed by atoms with Gasteiger partial charge < -0.3 is 19.5 Å². The Labute approximate surface area is 267 Å². The van der Waals surface area contributed by atoms with Gasteiger partial charge in [0.15, 0.2) is 17.3 Å². The number of carbonyl (C=O) groups excluding carboxylic acids is 1. The summed E-state index contributed by atoms with van der Waals surface area (Å²) in [6, 6.07) is 11.9. The summed E-state index contributed by atoms with van der Waals surface area (Å²) in [6.07, 6.45) is 4.38. The van der Waals surface area contributed by atoms with E-state index in [2.05, 4.69) is 38.3 Å². The molecule has 1 aromatic carbocycles. The maximum absolute atomic E-state index is 13.7. The van der Waals surface area contributed by atoms with E-state index in [4.69, 9.17) is 25.0 Å². The van der Waals surface area contributed by atoms with Crippen LogP contribution in [0.15, 0.2) is 41.8 Å². The minimum absolute atomic E-state index is 0. The Balaban J connectivity index is 0.00000423. The number of carbonyl (C=O) groups is 2. The molecule has 3 heterocycles. The summed E-state index contributed by atoms with van der Waals surface area (Å²) in [4.78, 5) is 32.6. The van der Waals surface area contributed by atoms with Gasteiger partial charge >= 0.3 is 5.97 Å². The summed E-state index contributed by atoms with van der Waals surface area (Å²) in [5.41, 5.74) is 3.66. The zero-order valence-electron chi connectivity index (χ0n) is 25.0. The van der Waals surface area contributed by atoms with Gasteiger partial charge in [0.25, 0.3) is 0 Å². The van der Waals surface area contributed by atoms with Crippen LogP contribution in [0.4, 0.5) is 0 Å². The van der Waals surface area contributed by atoms with E-state index >= 15 is 0 Å². The molecule has 0 radical (unpaired) electrons. The molecule has 0 unspecified atom stereocenters. The number of carboxylic acid groups (broad SMARTS) is 1. The van der Waals surface area contributed by atoms with Gasteiger partial charge in [0.2, 0.25) is 0 Å². The Morgan fingerprint density at radius 3 is 2.56 bits per heavy atom. The molecule has 0 amide bonds. The predicted molar refractivity (Wildman–Crippen MR) is 174 cm³/mol. The molecule has 43 heavy (non-hydrogen) atoms. The van der Waals surface area contributed by atoms with Gasteiger partial charge in [0, 0.05) is 46.1 Å². The van der Waals surface area contributed by atoms with E-state index in [1.165, 1.54) is 4.88 Å². The van der Waals surface area contributed by atoms with Gasteiger partial charge in [-0.3, -0.25) is 15.0 Å². The number of amidine groups is 1. The van der Waals surface area contributed by atoms with Gasteiger partial charge in [-0.25, -0.2) is 4.98 Å². The Bertz CT molecular complexity index is 1460. The summed E-state index contributed by atoms with van der Waals surface area (Å²) < 4.78 is 12.4. The molecule has 1 saturated carbocycles. The summed E-state index contributed by atoms with van der Waals surface area (Å²) in [5.74, 6) is 0.862. The van der Waals surface area contributed by atoms with Crippen molar-refractivity contribution >= 4 is 45.9 Å². The molecule has 2 aromatic heterocycles. The number of benzene rings is 1. The number of carboxylic acids is 1. The second-order valence-corrected chi connectivity index (χ2v) is 13.2. The van der Waals surface area contributed by atoms with Crippen molar-refractivity contribution in [1.82, 2.24) is 9.88 Å². The minimum atomic E-state index is -0.866. The molecule has 2 N–H and O–H groups in total. The summed E-state index contributed by atoms with van der Waals surface area (Å²) in [5, 5.41) is 19.9. The van der Waals surface area contributed by atoms with E-state index in [0.717, 1.165) is 42.5 Å². The number of halogens is 1. The van der Waals surface area contributed by atoms with Gasteiger partial charge in [0.1, 0.15) is 11.5 Å². The topological polar surface area (TPSA) is 113 Å². The SMILES string of the molecule is Br.CC(C)(C)c1cc(C(=O)CN2Cc3ccc(C4CC4)nc3C2=N)cc(OCCCc2cccs2)c1OCCCC(=O)O. The molecule has 0 atom stereocenters. The number of pyridine rings is 1. The highest BCUT2D eigenvalue weighted by molar-refractivity contribution is 8.93. The summed E-state index contributed by atoms with van der Waals surface area (Å²) >= 11 is 1.72. The van der Waals surface area contributed by atoms with Crippen LogP contribution in [-0.4, -0.2) is 52.3 Å². The number of nitrogens with zero attached hydrogens (tertiary/aromatic N) is 2. The van der Waals surface area contributed by atoms with Gasteiger partial charge in [-0.2, -0.15) is 0 Å². The lowest BCUT2D eigenvalue weighted by molar-refractivity contribution is -0.137. The van der Waals surface area contributed by atoms with Crippen LogP contribution in [0.5, 0.6) is 11.5 Å². The normalized spacial score (nSPS) is 14.3. The van der Waals surface area contributed by atoms with E-state index < -0.39 is 5.97 Å². The van der Waals surface area contributed by atoms with Gasteiger partial charge in [-0.05, 0) is 67.2 Å². The third-order valence-electron chi connectivity index (χ3n) is 7.60. The molecule has 3 aromatic rings. The molecule has 1 aliphatic carbocycles. The smallest absolute Gasteiger partial charge is 0.303 e. The summed E-state index contributed by atoms with van der Waals surface area (Å²) in [7, 11) is 0. The van der Waals surface area contributed by atoms with E-state index in [1.807, 2.05) is 18.2 Å². The number of nitrogens with one attached hydrogen (secondary N) is 1. The number of aryl methyl sites for hydroxylation is 1. The molecule has 1 aliphatic heterocycles. The Hall–Kier alpha value is -3.24. The van der Waals surface area contributed by atoms with Crippen molar-refractivity contribution in [1.29, 1.82) is 5.41 Å². The van der Waals surface area contributed by atoms with Crippen molar-refractivity contribution in [2.24, 2.45) is 0 Å². The first-order valence-corrected chi connectivity index (χ1v) is 15.5. The van der Waals surface area contributed by atoms with Crippen LogP contribution in [0.2, 0.25) is 0 Å².